The Balaban J connectivity index is 1.52. The third-order valence-corrected chi connectivity index (χ3v) is 7.63. The molecule has 0 spiro atoms. The number of ether oxygens (including phenoxy) is 1. The van der Waals surface area contributed by atoms with Crippen molar-refractivity contribution in [3.05, 3.63) is 73.9 Å². The first-order valence-electron chi connectivity index (χ1n) is 12.1. The molecule has 1 aromatic carbocycles. The van der Waals surface area contributed by atoms with Crippen molar-refractivity contribution < 1.29 is 14.6 Å². The van der Waals surface area contributed by atoms with E-state index >= 15 is 0 Å². The summed E-state index contributed by atoms with van der Waals surface area (Å²) in [5, 5.41) is 21.7. The number of aromatic nitrogens is 4. The van der Waals surface area contributed by atoms with E-state index in [0.717, 1.165) is 5.56 Å². The average molecular weight is 575 g/mol. The number of halogens is 1. The van der Waals surface area contributed by atoms with Crippen molar-refractivity contribution >= 4 is 55.8 Å². The van der Waals surface area contributed by atoms with Crippen molar-refractivity contribution in [1.82, 2.24) is 19.5 Å². The molecule has 5 rings (SSSR count). The molecule has 1 N–H and O–H groups in total. The van der Waals surface area contributed by atoms with Gasteiger partial charge in [0.1, 0.15) is 35.6 Å². The van der Waals surface area contributed by atoms with E-state index in [1.807, 2.05) is 6.07 Å². The van der Waals surface area contributed by atoms with Crippen LogP contribution in [0.2, 0.25) is 5.02 Å². The lowest BCUT2D eigenvalue weighted by atomic mass is 10.0. The molecule has 0 aliphatic carbocycles. The molecule has 0 saturated heterocycles. The smallest absolute Gasteiger partial charge is 0.338 e. The summed E-state index contributed by atoms with van der Waals surface area (Å²) in [7, 11) is 3.51. The molecule has 0 fully saturated rings. The Morgan fingerprint density at radius 1 is 1.23 bits per heavy atom. The fraction of sp³-hybridized carbons (Fsp3) is 0.214. The lowest BCUT2D eigenvalue weighted by molar-refractivity contribution is 0.0699. The molecule has 10 nitrogen and oxygen atoms in total. The van der Waals surface area contributed by atoms with Gasteiger partial charge in [0.05, 0.1) is 39.4 Å². The summed E-state index contributed by atoms with van der Waals surface area (Å²) in [5.74, 6) is 0.325. The molecule has 0 unspecified atom stereocenters. The second-order valence-corrected chi connectivity index (χ2v) is 10.6. The van der Waals surface area contributed by atoms with E-state index in [-0.39, 0.29) is 35.2 Å². The number of fused-ring (bicyclic) bond motifs is 2. The molecule has 40 heavy (non-hydrogen) atoms. The summed E-state index contributed by atoms with van der Waals surface area (Å²) >= 11 is 7.64. The van der Waals surface area contributed by atoms with Crippen LogP contribution in [0.1, 0.15) is 27.4 Å². The van der Waals surface area contributed by atoms with Gasteiger partial charge < -0.3 is 14.7 Å². The van der Waals surface area contributed by atoms with E-state index in [9.17, 15) is 20.0 Å². The Labute approximate surface area is 237 Å². The maximum absolute atomic E-state index is 13.5. The number of aromatic carboxylic acids is 1. The number of aryl methyl sites for hydroxylation is 2. The fourth-order valence-electron chi connectivity index (χ4n) is 4.59. The standard InChI is InChI=1S/C28H23ClN6O4S/c1-14-9-18(25-24(32-14)20(13-40-25)28(37)38)17-10-16(29)5-6-22(17)39-8-7-35-15(2)33-21-12-31-26(34(3)4)19(11-30)23(21)27(35)36/h5-6,9-10,12-13H,7-8H2,1-4H3,(H,37,38). The SMILES string of the molecule is Cc1cc(-c2cc(Cl)ccc2OCCn2c(C)nc3cnc(N(C)C)c(C#N)c3c2=O)c2scc(C(=O)O)c2n1. The molecule has 0 bridgehead atoms. The van der Waals surface area contributed by atoms with Gasteiger partial charge in [0.25, 0.3) is 5.56 Å². The normalized spacial score (nSPS) is 11.1. The van der Waals surface area contributed by atoms with Crippen molar-refractivity contribution in [3.8, 4) is 22.9 Å². The van der Waals surface area contributed by atoms with Crippen LogP contribution in [0.25, 0.3) is 32.2 Å². The van der Waals surface area contributed by atoms with Crippen LogP contribution in [0.3, 0.4) is 0 Å². The third kappa shape index (κ3) is 4.72. The van der Waals surface area contributed by atoms with Crippen molar-refractivity contribution in [2.24, 2.45) is 0 Å². The summed E-state index contributed by atoms with van der Waals surface area (Å²) in [4.78, 5) is 40.2. The maximum Gasteiger partial charge on any atom is 0.338 e. The number of pyridine rings is 2. The van der Waals surface area contributed by atoms with Crippen molar-refractivity contribution in [2.75, 3.05) is 25.6 Å². The van der Waals surface area contributed by atoms with Crippen LogP contribution in [0.4, 0.5) is 5.82 Å². The fourth-order valence-corrected chi connectivity index (χ4v) is 5.77. The number of hydrogen-bond donors (Lipinski definition) is 1. The summed E-state index contributed by atoms with van der Waals surface area (Å²) < 4.78 is 8.35. The molecule has 0 amide bonds. The van der Waals surface area contributed by atoms with Crippen LogP contribution in [0.15, 0.2) is 40.6 Å². The molecule has 4 aromatic heterocycles. The zero-order valence-electron chi connectivity index (χ0n) is 22.0. The minimum Gasteiger partial charge on any atom is -0.491 e. The first kappa shape index (κ1) is 27.1. The van der Waals surface area contributed by atoms with Gasteiger partial charge in [-0.1, -0.05) is 11.6 Å². The molecular weight excluding hydrogens is 552 g/mol. The number of thiophene rings is 1. The summed E-state index contributed by atoms with van der Waals surface area (Å²) in [6, 6.07) is 9.17. The van der Waals surface area contributed by atoms with Gasteiger partial charge in [0.15, 0.2) is 0 Å². The highest BCUT2D eigenvalue weighted by molar-refractivity contribution is 7.18. The number of carbonyl (C=O) groups is 1. The third-order valence-electron chi connectivity index (χ3n) is 6.39. The summed E-state index contributed by atoms with van der Waals surface area (Å²) in [5.41, 5.74) is 2.80. The van der Waals surface area contributed by atoms with Crippen LogP contribution >= 0.6 is 22.9 Å². The Bertz CT molecular complexity index is 1930. The topological polar surface area (TPSA) is 134 Å². The van der Waals surface area contributed by atoms with Gasteiger partial charge in [-0.15, -0.1) is 11.3 Å². The van der Waals surface area contributed by atoms with E-state index in [1.165, 1.54) is 22.1 Å². The highest BCUT2D eigenvalue weighted by Crippen LogP contribution is 2.40. The minimum absolute atomic E-state index is 0.119. The number of nitriles is 1. The summed E-state index contributed by atoms with van der Waals surface area (Å²) in [6.07, 6.45) is 1.50. The Hall–Kier alpha value is -4.53. The predicted octanol–water partition coefficient (Wildman–Crippen LogP) is 5.05. The molecule has 4 heterocycles. The van der Waals surface area contributed by atoms with E-state index in [1.54, 1.807) is 56.4 Å². The molecule has 0 aliphatic rings. The predicted molar refractivity (Wildman–Crippen MR) is 155 cm³/mol. The summed E-state index contributed by atoms with van der Waals surface area (Å²) in [6.45, 7) is 3.81. The number of benzene rings is 1. The van der Waals surface area contributed by atoms with Crippen LogP contribution in [-0.2, 0) is 6.54 Å². The number of rotatable bonds is 7. The molecule has 5 aromatic rings. The first-order valence-corrected chi connectivity index (χ1v) is 13.4. The van der Waals surface area contributed by atoms with E-state index in [4.69, 9.17) is 16.3 Å². The molecule has 12 heteroatoms. The van der Waals surface area contributed by atoms with Gasteiger partial charge >= 0.3 is 5.97 Å². The lowest BCUT2D eigenvalue weighted by Gasteiger charge is -2.17. The average Bonchev–Trinajstić information content (AvgIpc) is 3.34. The molecule has 202 valence electrons. The second kappa shape index (κ2) is 10.6. The number of carboxylic acid groups (broad SMARTS) is 1. The largest absolute Gasteiger partial charge is 0.491 e. The number of hydrogen-bond acceptors (Lipinski definition) is 9. The number of carboxylic acids is 1. The van der Waals surface area contributed by atoms with Crippen LogP contribution < -0.4 is 15.2 Å². The maximum atomic E-state index is 13.5. The van der Waals surface area contributed by atoms with Gasteiger partial charge in [0.2, 0.25) is 0 Å². The van der Waals surface area contributed by atoms with Gasteiger partial charge in [-0.25, -0.2) is 14.8 Å². The monoisotopic (exact) mass is 574 g/mol. The van der Waals surface area contributed by atoms with Gasteiger partial charge in [-0.2, -0.15) is 5.26 Å². The van der Waals surface area contributed by atoms with E-state index in [2.05, 4.69) is 21.0 Å². The zero-order valence-corrected chi connectivity index (χ0v) is 23.6. The van der Waals surface area contributed by atoms with Crippen LogP contribution in [0, 0.1) is 25.2 Å². The molecule has 0 aliphatic heterocycles. The van der Waals surface area contributed by atoms with Crippen molar-refractivity contribution in [2.45, 2.75) is 20.4 Å². The van der Waals surface area contributed by atoms with E-state index in [0.29, 0.717) is 49.4 Å². The van der Waals surface area contributed by atoms with Crippen molar-refractivity contribution in [1.29, 1.82) is 5.26 Å². The lowest BCUT2D eigenvalue weighted by Crippen LogP contribution is -2.28. The van der Waals surface area contributed by atoms with Crippen molar-refractivity contribution in [3.63, 3.8) is 0 Å². The van der Waals surface area contributed by atoms with Crippen LogP contribution in [-0.4, -0.2) is 51.3 Å². The van der Waals surface area contributed by atoms with Gasteiger partial charge in [-0.3, -0.25) is 14.3 Å². The molecule has 0 atom stereocenters. The van der Waals surface area contributed by atoms with Gasteiger partial charge in [0, 0.05) is 41.3 Å². The quantitative estimate of drug-likeness (QED) is 0.283. The number of nitrogens with zero attached hydrogens (tertiary/aromatic N) is 6. The Morgan fingerprint density at radius 2 is 2.00 bits per heavy atom. The molecular formula is C28H23ClN6O4S. The Morgan fingerprint density at radius 3 is 2.70 bits per heavy atom. The van der Waals surface area contributed by atoms with E-state index < -0.39 is 5.97 Å². The number of anilines is 1. The van der Waals surface area contributed by atoms with Crippen LogP contribution in [0.5, 0.6) is 5.75 Å². The highest BCUT2D eigenvalue weighted by Gasteiger charge is 2.20. The molecule has 0 saturated carbocycles. The zero-order chi connectivity index (χ0) is 28.7. The highest BCUT2D eigenvalue weighted by atomic mass is 35.5. The van der Waals surface area contributed by atoms with Gasteiger partial charge in [-0.05, 0) is 38.1 Å². The minimum atomic E-state index is -1.05. The Kier molecular flexibility index (Phi) is 7.14. The molecule has 0 radical (unpaired) electrons. The first-order chi connectivity index (χ1) is 19.1. The second-order valence-electron chi connectivity index (χ2n) is 9.27.